The molecule has 0 spiro atoms. The van der Waals surface area contributed by atoms with E-state index in [2.05, 4.69) is 27.0 Å². The van der Waals surface area contributed by atoms with Crippen LogP contribution in [0.2, 0.25) is 0 Å². The van der Waals surface area contributed by atoms with Crippen molar-refractivity contribution in [2.75, 3.05) is 31.5 Å². The molecule has 3 heterocycles. The fourth-order valence-electron chi connectivity index (χ4n) is 5.66. The van der Waals surface area contributed by atoms with Crippen LogP contribution < -0.4 is 16.0 Å². The average molecular weight is 488 g/mol. The summed E-state index contributed by atoms with van der Waals surface area (Å²) in [5.74, 6) is -1.50. The summed E-state index contributed by atoms with van der Waals surface area (Å²) < 4.78 is 0. The van der Waals surface area contributed by atoms with Crippen LogP contribution in [0.25, 0.3) is 0 Å². The molecule has 2 fully saturated rings. The average Bonchev–Trinajstić information content (AvgIpc) is 3.42. The smallest absolute Gasteiger partial charge is 0.327 e. The van der Waals surface area contributed by atoms with Gasteiger partial charge in [-0.25, -0.2) is 14.8 Å². The van der Waals surface area contributed by atoms with Crippen LogP contribution >= 0.6 is 0 Å². The molecule has 1 saturated carbocycles. The van der Waals surface area contributed by atoms with E-state index in [4.69, 9.17) is 0 Å². The van der Waals surface area contributed by atoms with E-state index in [1.807, 2.05) is 6.07 Å². The number of aromatic nitrogens is 1. The number of piperidine rings is 1. The molecule has 2 aliphatic heterocycles. The zero-order chi connectivity index (χ0) is 24.8. The third kappa shape index (κ3) is 5.75. The van der Waals surface area contributed by atoms with E-state index in [0.717, 1.165) is 56.6 Å². The van der Waals surface area contributed by atoms with Gasteiger partial charge in [0.1, 0.15) is 11.9 Å². The Bertz CT molecular complexity index is 927. The van der Waals surface area contributed by atoms with Crippen LogP contribution in [0, 0.1) is 11.3 Å². The summed E-state index contributed by atoms with van der Waals surface area (Å²) in [6.45, 7) is 1.84. The maximum Gasteiger partial charge on any atom is 0.327 e. The predicted molar refractivity (Wildman–Crippen MR) is 129 cm³/mol. The normalized spacial score (nSPS) is 20.4. The molecule has 3 aliphatic rings. The molecule has 35 heavy (non-hydrogen) atoms. The van der Waals surface area contributed by atoms with Gasteiger partial charge in [0.15, 0.2) is 0 Å². The predicted octanol–water partition coefficient (Wildman–Crippen LogP) is 1.72. The highest BCUT2D eigenvalue weighted by Crippen LogP contribution is 2.36. The van der Waals surface area contributed by atoms with E-state index >= 15 is 0 Å². The van der Waals surface area contributed by atoms with Gasteiger partial charge in [-0.15, -0.1) is 0 Å². The first-order valence-corrected chi connectivity index (χ1v) is 12.9. The Labute approximate surface area is 205 Å². The van der Waals surface area contributed by atoms with Crippen molar-refractivity contribution in [1.29, 1.82) is 0 Å². The number of hydroxylamine groups is 2. The Morgan fingerprint density at radius 1 is 1.14 bits per heavy atom. The number of aryl methyl sites for hydroxylation is 2. The molecular formula is C25H37N5O5. The Morgan fingerprint density at radius 2 is 1.89 bits per heavy atom. The quantitative estimate of drug-likeness (QED) is 0.262. The first-order chi connectivity index (χ1) is 16.9. The number of anilines is 1. The maximum atomic E-state index is 13.5. The fraction of sp³-hybridized carbons (Fsp3) is 0.680. The summed E-state index contributed by atoms with van der Waals surface area (Å²) in [5.41, 5.74) is 0.683. The zero-order valence-corrected chi connectivity index (χ0v) is 20.2. The van der Waals surface area contributed by atoms with Crippen molar-refractivity contribution in [3.05, 3.63) is 23.4 Å². The zero-order valence-electron chi connectivity index (χ0n) is 20.2. The monoisotopic (exact) mass is 487 g/mol. The molecule has 0 aromatic carbocycles. The SMILES string of the molecule is O=C(NC(C(=O)O)C1(C(=O)N(O)CCCc2ccc3c(n2)NCCC3)CCNCC1)C1CCCC1. The molecule has 10 heteroatoms. The first kappa shape index (κ1) is 25.4. The number of carboxylic acid groups (broad SMARTS) is 1. The van der Waals surface area contributed by atoms with Crippen molar-refractivity contribution in [2.45, 2.75) is 70.3 Å². The molecule has 1 aliphatic carbocycles. The Kier molecular flexibility index (Phi) is 8.22. The Hall–Kier alpha value is -2.72. The standard InChI is InChI=1S/C25H37N5O5/c31-22(18-5-1-2-6-18)29-20(23(32)33)25(11-14-26-15-12-25)24(34)30(35)16-4-8-19-10-9-17-7-3-13-27-21(17)28-19/h9-10,18,20,26,35H,1-8,11-16H2,(H,27,28)(H,29,31)(H,32,33). The van der Waals surface area contributed by atoms with Gasteiger partial charge in [0.25, 0.3) is 5.91 Å². The molecule has 1 unspecified atom stereocenters. The van der Waals surface area contributed by atoms with Gasteiger partial charge in [-0.1, -0.05) is 18.9 Å². The number of nitrogens with zero attached hydrogens (tertiary/aromatic N) is 2. The highest BCUT2D eigenvalue weighted by Gasteiger charge is 2.52. The van der Waals surface area contributed by atoms with Crippen molar-refractivity contribution in [1.82, 2.24) is 20.7 Å². The third-order valence-corrected chi connectivity index (χ3v) is 7.72. The van der Waals surface area contributed by atoms with Crippen molar-refractivity contribution in [3.63, 3.8) is 0 Å². The topological polar surface area (TPSA) is 144 Å². The number of carbonyl (C=O) groups is 3. The van der Waals surface area contributed by atoms with E-state index in [9.17, 15) is 24.7 Å². The van der Waals surface area contributed by atoms with Gasteiger partial charge >= 0.3 is 5.97 Å². The van der Waals surface area contributed by atoms with E-state index in [1.165, 1.54) is 5.56 Å². The molecule has 0 bridgehead atoms. The molecule has 1 aromatic rings. The van der Waals surface area contributed by atoms with Crippen LogP contribution in [-0.2, 0) is 27.2 Å². The lowest BCUT2D eigenvalue weighted by atomic mass is 9.71. The minimum atomic E-state index is -1.39. The number of hydrogen-bond donors (Lipinski definition) is 5. The minimum absolute atomic E-state index is 0.0586. The van der Waals surface area contributed by atoms with Gasteiger partial charge in [0.2, 0.25) is 5.91 Å². The number of pyridine rings is 1. The lowest BCUT2D eigenvalue weighted by Crippen LogP contribution is -2.62. The van der Waals surface area contributed by atoms with Crippen molar-refractivity contribution >= 4 is 23.6 Å². The number of hydrogen-bond acceptors (Lipinski definition) is 7. The summed E-state index contributed by atoms with van der Waals surface area (Å²) in [4.78, 5) is 43.2. The Balaban J connectivity index is 1.41. The Morgan fingerprint density at radius 3 is 2.60 bits per heavy atom. The van der Waals surface area contributed by atoms with E-state index in [1.54, 1.807) is 0 Å². The minimum Gasteiger partial charge on any atom is -0.480 e. The molecule has 0 radical (unpaired) electrons. The van der Waals surface area contributed by atoms with Crippen LogP contribution in [0.5, 0.6) is 0 Å². The summed E-state index contributed by atoms with van der Waals surface area (Å²) >= 11 is 0. The number of aliphatic carboxylic acids is 1. The molecule has 10 nitrogen and oxygen atoms in total. The van der Waals surface area contributed by atoms with Gasteiger partial charge in [-0.05, 0) is 76.1 Å². The van der Waals surface area contributed by atoms with Crippen molar-refractivity contribution < 1.29 is 24.7 Å². The van der Waals surface area contributed by atoms with Crippen LogP contribution in [0.15, 0.2) is 12.1 Å². The third-order valence-electron chi connectivity index (χ3n) is 7.72. The second-order valence-corrected chi connectivity index (χ2v) is 10.0. The highest BCUT2D eigenvalue weighted by molar-refractivity contribution is 5.93. The van der Waals surface area contributed by atoms with E-state index in [0.29, 0.717) is 31.0 Å². The number of rotatable bonds is 9. The molecule has 5 N–H and O–H groups in total. The number of carbonyl (C=O) groups excluding carboxylic acids is 2. The lowest BCUT2D eigenvalue weighted by molar-refractivity contribution is -0.184. The van der Waals surface area contributed by atoms with Crippen LogP contribution in [0.3, 0.4) is 0 Å². The van der Waals surface area contributed by atoms with Gasteiger partial charge in [0.05, 0.1) is 5.41 Å². The molecule has 2 amide bonds. The van der Waals surface area contributed by atoms with E-state index in [-0.39, 0.29) is 31.2 Å². The molecule has 1 atom stereocenters. The number of amides is 2. The van der Waals surface area contributed by atoms with Gasteiger partial charge < -0.3 is 21.1 Å². The molecule has 1 aromatic heterocycles. The second-order valence-electron chi connectivity index (χ2n) is 10.0. The van der Waals surface area contributed by atoms with Gasteiger partial charge in [0, 0.05) is 24.7 Å². The van der Waals surface area contributed by atoms with Crippen molar-refractivity contribution in [3.8, 4) is 0 Å². The fourth-order valence-corrected chi connectivity index (χ4v) is 5.66. The lowest BCUT2D eigenvalue weighted by Gasteiger charge is -2.42. The van der Waals surface area contributed by atoms with E-state index < -0.39 is 23.3 Å². The molecule has 192 valence electrons. The number of carboxylic acids is 1. The van der Waals surface area contributed by atoms with Crippen LogP contribution in [0.1, 0.15) is 62.6 Å². The number of fused-ring (bicyclic) bond motifs is 1. The largest absolute Gasteiger partial charge is 0.480 e. The van der Waals surface area contributed by atoms with Gasteiger partial charge in [-0.3, -0.25) is 14.8 Å². The molecule has 4 rings (SSSR count). The summed E-state index contributed by atoms with van der Waals surface area (Å²) in [7, 11) is 0. The van der Waals surface area contributed by atoms with Crippen molar-refractivity contribution in [2.24, 2.45) is 11.3 Å². The summed E-state index contributed by atoms with van der Waals surface area (Å²) in [6.07, 6.45) is 6.97. The summed E-state index contributed by atoms with van der Waals surface area (Å²) in [5, 5.41) is 30.5. The molecular weight excluding hydrogens is 450 g/mol. The van der Waals surface area contributed by atoms with Crippen LogP contribution in [-0.4, -0.2) is 70.4 Å². The maximum absolute atomic E-state index is 13.5. The first-order valence-electron chi connectivity index (χ1n) is 12.9. The van der Waals surface area contributed by atoms with Crippen LogP contribution in [0.4, 0.5) is 5.82 Å². The summed E-state index contributed by atoms with van der Waals surface area (Å²) in [6, 6.07) is 2.66. The number of nitrogens with one attached hydrogen (secondary N) is 3. The highest BCUT2D eigenvalue weighted by atomic mass is 16.5. The second kappa shape index (κ2) is 11.3. The molecule has 1 saturated heterocycles. The van der Waals surface area contributed by atoms with Gasteiger partial charge in [-0.2, -0.15) is 0 Å².